The lowest BCUT2D eigenvalue weighted by molar-refractivity contribution is 0.410. The van der Waals surface area contributed by atoms with Crippen LogP contribution in [0.4, 0.5) is 105 Å². The van der Waals surface area contributed by atoms with Crippen LogP contribution in [0, 0.1) is 140 Å². The number of benzene rings is 7. The zero-order valence-electron chi connectivity index (χ0n) is 27.1. The van der Waals surface area contributed by atoms with Gasteiger partial charge in [-0.25, -0.2) is 105 Å². The van der Waals surface area contributed by atoms with Crippen LogP contribution in [0.2, 0.25) is 0 Å². The second kappa shape index (κ2) is 13.6. The summed E-state index contributed by atoms with van der Waals surface area (Å²) in [6.45, 7) is 0. The maximum absolute atomic E-state index is 16.9. The van der Waals surface area contributed by atoms with Gasteiger partial charge in [0.15, 0.2) is 122 Å². The van der Waals surface area contributed by atoms with Gasteiger partial charge in [0.25, 0.3) is 0 Å². The molecular formula is C36F24. The SMILES string of the molecule is Fc1c(-c2c(F)c(F)c(F)c3c(F)c(F)c(F)c(F)c23)c(F)c(-c2c(F)c(F)c(F)c3c(F)c(F)c(F)c(F)c23)c(F)c1-c1c(F)c(F)c(F)c2c(F)c(F)c(F)c(F)c12. The third kappa shape index (κ3) is 5.07. The minimum Gasteiger partial charge on any atom is -0.205 e. The van der Waals surface area contributed by atoms with Gasteiger partial charge in [0.2, 0.25) is 0 Å². The third-order valence-electron chi connectivity index (χ3n) is 9.09. The van der Waals surface area contributed by atoms with E-state index in [0.717, 1.165) is 0 Å². The van der Waals surface area contributed by atoms with Crippen molar-refractivity contribution in [3.63, 3.8) is 0 Å². The van der Waals surface area contributed by atoms with Gasteiger partial charge in [-0.05, 0) is 0 Å². The summed E-state index contributed by atoms with van der Waals surface area (Å²) < 4.78 is 365. The standard InChI is InChI=1S/C36F24/c37-13-7(1-4-10(22(46)28(52)16(1)40)25(49)34(58)31(55)19(4)43)14(38)9(3-6-12(24(48)30(54)18(3)42)27(51)36(60)33(57)21(6)45)15(39)8(13)2-5-11(23(47)29(53)17(2)41)26(50)35(59)32(56)20(5)44. The van der Waals surface area contributed by atoms with Gasteiger partial charge in [0.1, 0.15) is 17.5 Å². The summed E-state index contributed by atoms with van der Waals surface area (Å²) in [7, 11) is 0. The second-order valence-corrected chi connectivity index (χ2v) is 12.0. The minimum atomic E-state index is -3.52. The largest absolute Gasteiger partial charge is 0.205 e. The molecule has 0 atom stereocenters. The molecular weight excluding hydrogens is 888 g/mol. The summed E-state index contributed by atoms with van der Waals surface area (Å²) in [5, 5.41) is -16.4. The van der Waals surface area contributed by atoms with Crippen LogP contribution in [0.5, 0.6) is 0 Å². The Bertz CT molecular complexity index is 2810. The molecule has 0 amide bonds. The molecule has 0 saturated heterocycles. The van der Waals surface area contributed by atoms with Gasteiger partial charge in [-0.15, -0.1) is 0 Å². The number of rotatable bonds is 3. The Balaban J connectivity index is 1.91. The predicted molar refractivity (Wildman–Crippen MR) is 154 cm³/mol. The van der Waals surface area contributed by atoms with Crippen molar-refractivity contribution >= 4 is 32.3 Å². The summed E-state index contributed by atoms with van der Waals surface area (Å²) in [6, 6.07) is 0. The van der Waals surface area contributed by atoms with Crippen LogP contribution >= 0.6 is 0 Å². The molecule has 0 N–H and O–H groups in total. The molecule has 0 spiro atoms. The highest BCUT2D eigenvalue weighted by Gasteiger charge is 2.42. The van der Waals surface area contributed by atoms with Crippen molar-refractivity contribution in [2.45, 2.75) is 0 Å². The fourth-order valence-electron chi connectivity index (χ4n) is 6.52. The van der Waals surface area contributed by atoms with E-state index in [1.165, 1.54) is 0 Å². The minimum absolute atomic E-state index is 2.70. The fraction of sp³-hybridized carbons (Fsp3) is 0. The van der Waals surface area contributed by atoms with Crippen molar-refractivity contribution in [1.29, 1.82) is 0 Å². The Morgan fingerprint density at radius 1 is 0.100 bits per heavy atom. The smallest absolute Gasteiger partial charge is 0.198 e. The molecule has 7 rings (SSSR count). The maximum atomic E-state index is 16.9. The molecule has 60 heavy (non-hydrogen) atoms. The summed E-state index contributed by atoms with van der Waals surface area (Å²) in [4.78, 5) is 0. The molecule has 0 unspecified atom stereocenters. The molecule has 0 heterocycles. The monoisotopic (exact) mass is 888 g/mol. The maximum Gasteiger partial charge on any atom is 0.198 e. The summed E-state index contributed by atoms with van der Waals surface area (Å²) in [5.74, 6) is -77.9. The molecule has 0 fully saturated rings. The number of fused-ring (bicyclic) bond motifs is 3. The van der Waals surface area contributed by atoms with Crippen molar-refractivity contribution in [1.82, 2.24) is 0 Å². The zero-order valence-corrected chi connectivity index (χ0v) is 27.1. The zero-order chi connectivity index (χ0) is 44.8. The van der Waals surface area contributed by atoms with Gasteiger partial charge in [0.05, 0.1) is 32.8 Å². The predicted octanol–water partition coefficient (Wildman–Crippen LogP) is 13.5. The lowest BCUT2D eigenvalue weighted by Crippen LogP contribution is -2.13. The van der Waals surface area contributed by atoms with Crippen molar-refractivity contribution in [2.75, 3.05) is 0 Å². The molecule has 0 aliphatic rings. The molecule has 0 aromatic heterocycles. The molecule has 0 bridgehead atoms. The Morgan fingerprint density at radius 3 is 0.400 bits per heavy atom. The van der Waals surface area contributed by atoms with Crippen molar-refractivity contribution in [3.05, 3.63) is 140 Å². The lowest BCUT2D eigenvalue weighted by Gasteiger charge is -2.22. The Hall–Kier alpha value is -6.36. The number of hydrogen-bond acceptors (Lipinski definition) is 0. The third-order valence-corrected chi connectivity index (χ3v) is 9.09. The van der Waals surface area contributed by atoms with Crippen LogP contribution in [0.15, 0.2) is 0 Å². The van der Waals surface area contributed by atoms with E-state index in [2.05, 4.69) is 0 Å². The van der Waals surface area contributed by atoms with Crippen LogP contribution in [-0.2, 0) is 0 Å². The first-order valence-corrected chi connectivity index (χ1v) is 15.0. The normalized spacial score (nSPS) is 12.0. The molecule has 0 nitrogen and oxygen atoms in total. The van der Waals surface area contributed by atoms with Gasteiger partial charge in [-0.2, -0.15) is 0 Å². The molecule has 0 aliphatic heterocycles. The van der Waals surface area contributed by atoms with Crippen LogP contribution in [0.3, 0.4) is 0 Å². The van der Waals surface area contributed by atoms with Crippen molar-refractivity contribution in [3.8, 4) is 33.4 Å². The van der Waals surface area contributed by atoms with Gasteiger partial charge >= 0.3 is 0 Å². The van der Waals surface area contributed by atoms with E-state index >= 15 is 52.7 Å². The molecule has 7 aromatic carbocycles. The Morgan fingerprint density at radius 2 is 0.233 bits per heavy atom. The Kier molecular flexibility index (Phi) is 9.46. The molecule has 312 valence electrons. The average Bonchev–Trinajstić information content (AvgIpc) is 3.21. The van der Waals surface area contributed by atoms with E-state index in [4.69, 9.17) is 0 Å². The highest BCUT2D eigenvalue weighted by molar-refractivity contribution is 6.06. The highest BCUT2D eigenvalue weighted by atomic mass is 19.2. The first kappa shape index (κ1) is 41.8. The van der Waals surface area contributed by atoms with E-state index in [1.807, 2.05) is 0 Å². The highest BCUT2D eigenvalue weighted by Crippen LogP contribution is 2.52. The molecule has 0 radical (unpaired) electrons. The van der Waals surface area contributed by atoms with Gasteiger partial charge in [-0.3, -0.25) is 0 Å². The topological polar surface area (TPSA) is 0 Å². The van der Waals surface area contributed by atoms with Gasteiger partial charge < -0.3 is 0 Å². The summed E-state index contributed by atoms with van der Waals surface area (Å²) in [6.07, 6.45) is 0. The summed E-state index contributed by atoms with van der Waals surface area (Å²) in [5.41, 5.74) is -18.5. The van der Waals surface area contributed by atoms with Crippen LogP contribution < -0.4 is 0 Å². The van der Waals surface area contributed by atoms with Gasteiger partial charge in [0, 0.05) is 32.8 Å². The lowest BCUT2D eigenvalue weighted by atomic mass is 9.85. The molecule has 0 saturated carbocycles. The van der Waals surface area contributed by atoms with Crippen molar-refractivity contribution in [2.24, 2.45) is 0 Å². The quantitative estimate of drug-likeness (QED) is 0.0942. The van der Waals surface area contributed by atoms with E-state index in [-0.39, 0.29) is 0 Å². The molecule has 7 aromatic rings. The van der Waals surface area contributed by atoms with Gasteiger partial charge in [-0.1, -0.05) is 0 Å². The first-order valence-electron chi connectivity index (χ1n) is 15.0. The Labute approximate surface area is 311 Å². The second-order valence-electron chi connectivity index (χ2n) is 12.0. The fourth-order valence-corrected chi connectivity index (χ4v) is 6.52. The van der Waals surface area contributed by atoms with E-state index in [9.17, 15) is 52.7 Å². The van der Waals surface area contributed by atoms with E-state index in [0.29, 0.717) is 0 Å². The van der Waals surface area contributed by atoms with Crippen LogP contribution in [0.25, 0.3) is 65.7 Å². The average molecular weight is 888 g/mol. The molecule has 0 aliphatic carbocycles. The number of halogens is 24. The van der Waals surface area contributed by atoms with Crippen LogP contribution in [0.1, 0.15) is 0 Å². The van der Waals surface area contributed by atoms with E-state index in [1.54, 1.807) is 0 Å². The van der Waals surface area contributed by atoms with Crippen LogP contribution in [-0.4, -0.2) is 0 Å². The molecule has 24 heteroatoms. The summed E-state index contributed by atoms with van der Waals surface area (Å²) >= 11 is 0. The van der Waals surface area contributed by atoms with Crippen molar-refractivity contribution < 1.29 is 105 Å². The van der Waals surface area contributed by atoms with E-state index < -0.39 is 205 Å². The first-order chi connectivity index (χ1) is 27.9. The number of hydrogen-bond donors (Lipinski definition) is 0.